The lowest BCUT2D eigenvalue weighted by Gasteiger charge is -2.46. The topological polar surface area (TPSA) is 136 Å². The van der Waals surface area contributed by atoms with Gasteiger partial charge in [-0.25, -0.2) is 0 Å². The summed E-state index contributed by atoms with van der Waals surface area (Å²) in [5.41, 5.74) is 9.78. The normalized spacial score (nSPS) is 24.8. The summed E-state index contributed by atoms with van der Waals surface area (Å²) in [5.74, 6) is 2.04. The Morgan fingerprint density at radius 2 is 0.569 bits per heavy atom. The van der Waals surface area contributed by atoms with Gasteiger partial charge in [-0.3, -0.25) is 0 Å². The molecule has 4 fully saturated rings. The van der Waals surface area contributed by atoms with E-state index in [1.807, 2.05) is 172 Å². The van der Waals surface area contributed by atoms with Crippen molar-refractivity contribution in [2.75, 3.05) is 68.7 Å². The third-order valence-electron chi connectivity index (χ3n) is 22.8. The van der Waals surface area contributed by atoms with Crippen LogP contribution in [0.2, 0.25) is 0 Å². The van der Waals surface area contributed by atoms with Gasteiger partial charge in [-0.1, -0.05) is 293 Å². The molecule has 10 aromatic rings. The Morgan fingerprint density at radius 3 is 0.845 bits per heavy atom. The minimum absolute atomic E-state index is 0.254. The molecule has 0 aromatic heterocycles. The molecule has 2 saturated carbocycles. The summed E-state index contributed by atoms with van der Waals surface area (Å²) in [4.78, 5) is 4.53. The summed E-state index contributed by atoms with van der Waals surface area (Å²) in [6, 6.07) is 98.1. The lowest BCUT2D eigenvalue weighted by atomic mass is 9.71. The third kappa shape index (κ3) is 23.8. The lowest BCUT2D eigenvalue weighted by Crippen LogP contribution is -2.62. The lowest BCUT2D eigenvalue weighted by molar-refractivity contribution is -0.310. The van der Waals surface area contributed by atoms with E-state index in [-0.39, 0.29) is 13.2 Å². The van der Waals surface area contributed by atoms with E-state index >= 15 is 0 Å². The van der Waals surface area contributed by atoms with E-state index in [0.717, 1.165) is 107 Å². The molecule has 4 aliphatic rings. The maximum Gasteiger partial charge on any atom is 0.229 e. The van der Waals surface area contributed by atoms with Crippen LogP contribution in [0.15, 0.2) is 291 Å². The Balaban J connectivity index is 0.000000202. The summed E-state index contributed by atoms with van der Waals surface area (Å²) in [6.07, 6.45) is 2.26. The van der Waals surface area contributed by atoms with Gasteiger partial charge < -0.3 is 76.1 Å². The zero-order chi connectivity index (χ0) is 80.0. The van der Waals surface area contributed by atoms with Crippen molar-refractivity contribution < 1.29 is 66.3 Å². The molecule has 0 radical (unpaired) electrons. The van der Waals surface area contributed by atoms with Crippen molar-refractivity contribution in [2.24, 2.45) is 11.8 Å². The van der Waals surface area contributed by atoms with Crippen LogP contribution < -0.4 is 9.47 Å². The predicted octanol–water partition coefficient (Wildman–Crippen LogP) is 18.7. The number of benzene rings is 10. The highest BCUT2D eigenvalue weighted by molar-refractivity contribution is 5.36. The van der Waals surface area contributed by atoms with Crippen molar-refractivity contribution in [2.45, 2.75) is 177 Å². The van der Waals surface area contributed by atoms with Crippen LogP contribution in [0.4, 0.5) is 0 Å². The van der Waals surface area contributed by atoms with E-state index in [9.17, 15) is 0 Å². The van der Waals surface area contributed by atoms with Gasteiger partial charge in [0, 0.05) is 39.1 Å². The maximum atomic E-state index is 7.01. The number of hydrogen-bond donors (Lipinski definition) is 0. The van der Waals surface area contributed by atoms with Crippen molar-refractivity contribution in [3.05, 3.63) is 347 Å². The second-order valence-corrected chi connectivity index (χ2v) is 31.5. The molecule has 0 bridgehead atoms. The second kappa shape index (κ2) is 44.2. The minimum atomic E-state index is -0.857. The first-order valence-corrected chi connectivity index (χ1v) is 41.4. The van der Waals surface area contributed by atoms with E-state index in [1.54, 1.807) is 0 Å². The molecule has 116 heavy (non-hydrogen) atoms. The van der Waals surface area contributed by atoms with Crippen molar-refractivity contribution in [3.63, 3.8) is 0 Å². The van der Waals surface area contributed by atoms with Crippen LogP contribution in [0.3, 0.4) is 0 Å². The number of nitrogens with zero attached hydrogens (tertiary/aromatic N) is 2. The van der Waals surface area contributed by atoms with Crippen LogP contribution in [0.25, 0.3) is 0 Å². The summed E-state index contributed by atoms with van der Waals surface area (Å²) in [5, 5.41) is 0. The van der Waals surface area contributed by atoms with Crippen LogP contribution in [0.5, 0.6) is 11.5 Å². The van der Waals surface area contributed by atoms with Gasteiger partial charge in [0.05, 0.1) is 77.3 Å². The number of ether oxygens (including phenoxy) is 14. The molecule has 16 heteroatoms. The predicted molar refractivity (Wildman–Crippen MR) is 452 cm³/mol. The van der Waals surface area contributed by atoms with E-state index in [2.05, 4.69) is 171 Å². The van der Waals surface area contributed by atoms with Gasteiger partial charge in [0.15, 0.2) is 0 Å². The van der Waals surface area contributed by atoms with Crippen LogP contribution >= 0.6 is 0 Å². The van der Waals surface area contributed by atoms with Crippen molar-refractivity contribution in [1.29, 1.82) is 0 Å². The highest BCUT2D eigenvalue weighted by Gasteiger charge is 2.53. The zero-order valence-corrected chi connectivity index (χ0v) is 68.4. The van der Waals surface area contributed by atoms with Crippen molar-refractivity contribution >= 4 is 0 Å². The van der Waals surface area contributed by atoms with Gasteiger partial charge in [-0.2, -0.15) is 0 Å². The fraction of sp³-hybridized carbons (Fsp3) is 0.400. The molecule has 0 N–H and O–H groups in total. The van der Waals surface area contributed by atoms with Crippen LogP contribution in [-0.4, -0.2) is 140 Å². The molecule has 4 unspecified atom stereocenters. The largest absolute Gasteiger partial charge is 0.462 e. The third-order valence-corrected chi connectivity index (χ3v) is 22.8. The van der Waals surface area contributed by atoms with E-state index in [0.29, 0.717) is 76.2 Å². The maximum absolute atomic E-state index is 7.01. The summed E-state index contributed by atoms with van der Waals surface area (Å²) < 4.78 is 95.2. The molecule has 0 amide bonds. The van der Waals surface area contributed by atoms with Gasteiger partial charge in [-0.05, 0) is 134 Å². The van der Waals surface area contributed by atoms with Crippen LogP contribution in [0, 0.1) is 11.8 Å². The molecule has 2 aliphatic carbocycles. The molecule has 14 atom stereocenters. The highest BCUT2D eigenvalue weighted by Crippen LogP contribution is 2.48. The Bertz CT molecular complexity index is 4110. The fourth-order valence-electron chi connectivity index (χ4n) is 16.9. The van der Waals surface area contributed by atoms with Crippen molar-refractivity contribution in [1.82, 2.24) is 9.80 Å². The summed E-state index contributed by atoms with van der Waals surface area (Å²) in [7, 11) is 12.2. The molecule has 10 aromatic carbocycles. The van der Waals surface area contributed by atoms with Gasteiger partial charge in [0.1, 0.15) is 60.3 Å². The van der Waals surface area contributed by atoms with E-state index < -0.39 is 72.6 Å². The van der Waals surface area contributed by atoms with Gasteiger partial charge >= 0.3 is 0 Å². The number of rotatable bonds is 38. The van der Waals surface area contributed by atoms with E-state index in [1.165, 1.54) is 12.8 Å². The number of hydrogen-bond acceptors (Lipinski definition) is 16. The smallest absolute Gasteiger partial charge is 0.229 e. The Hall–Kier alpha value is -8.76. The Labute approximate surface area is 688 Å². The zero-order valence-electron chi connectivity index (χ0n) is 68.4. The highest BCUT2D eigenvalue weighted by atomic mass is 16.7. The van der Waals surface area contributed by atoms with Crippen LogP contribution in [0.1, 0.15) is 107 Å². The molecule has 2 heterocycles. The average molecular weight is 1570 g/mol. The van der Waals surface area contributed by atoms with Gasteiger partial charge in [-0.15, -0.1) is 0 Å². The first-order chi connectivity index (χ1) is 57.0. The second-order valence-electron chi connectivity index (χ2n) is 31.5. The fourth-order valence-corrected chi connectivity index (χ4v) is 16.9. The molecule has 2 saturated heterocycles. The molecule has 612 valence electrons. The van der Waals surface area contributed by atoms with Gasteiger partial charge in [0.25, 0.3) is 0 Å². The van der Waals surface area contributed by atoms with E-state index in [4.69, 9.17) is 66.3 Å². The van der Waals surface area contributed by atoms with Gasteiger partial charge in [0.2, 0.25) is 12.6 Å². The standard InChI is InChI=1S/2C50H59NO7/c2*1-51(2)32-43-27-16-17-30-50(43,52-3)42-28-18-29-44(31-42)57-49-48(56-36-41-25-14-7-15-26-41)47(55-35-40-23-12-6-13-24-40)46(54-34-39-21-10-5-11-22-39)45(58-49)37-53-33-38-19-8-4-9-20-38/h2*4-15,18-26,28-29,31,43,45-49H,16-17,27,30,32-37H2,1-3H3/t43-,45?,46+,47+,48?,49-,50+;43-,45?,46-,47-,48?,49+,50+/m01/s1. The first kappa shape index (κ1) is 85.1. The Morgan fingerprint density at radius 1 is 0.302 bits per heavy atom. The molecule has 0 spiro atoms. The number of methoxy groups -OCH3 is 2. The molecular formula is C100H118N2O14. The average Bonchev–Trinajstić information content (AvgIpc) is 0.782. The summed E-state index contributed by atoms with van der Waals surface area (Å²) >= 11 is 0. The molecular weight excluding hydrogens is 1450 g/mol. The SMILES string of the molecule is CO[C@@]1(c2cccc(O[C@H]3OC(COCc4ccccc4)[C@@H](OCc4ccccc4)[C@@H](OCc4ccccc4)C3OCc3ccccc3)c2)CCCC[C@H]1CN(C)C.CO[C@]1(c2cccc(O[C@H]3OC(COCc4ccccc4)[C@@H](OCc4ccccc4)[C@@H](OCc4ccccc4)C3OCc3ccccc3)c2)CCCC[C@@H]1CN(C)C. The molecule has 2 aliphatic heterocycles. The monoisotopic (exact) mass is 1570 g/mol. The quantitative estimate of drug-likeness (QED) is 0.0363. The first-order valence-electron chi connectivity index (χ1n) is 41.4. The van der Waals surface area contributed by atoms with Crippen LogP contribution in [-0.2, 0) is 121 Å². The van der Waals surface area contributed by atoms with Crippen molar-refractivity contribution in [3.8, 4) is 11.5 Å². The molecule has 14 rings (SSSR count). The molecule has 16 nitrogen and oxygen atoms in total. The Kier molecular flexibility index (Phi) is 32.4. The minimum Gasteiger partial charge on any atom is -0.462 e. The summed E-state index contributed by atoms with van der Waals surface area (Å²) in [6.45, 7) is 5.34.